The average molecular weight is 300 g/mol. The maximum Gasteiger partial charge on any atom is 0.410 e. The van der Waals surface area contributed by atoms with E-state index in [0.717, 1.165) is 16.5 Å². The average Bonchev–Trinajstić information content (AvgIpc) is 2.82. The van der Waals surface area contributed by atoms with Crippen LogP contribution in [0.5, 0.6) is 0 Å². The zero-order valence-corrected chi connectivity index (χ0v) is 12.2. The largest absolute Gasteiger partial charge is 0.481 e. The van der Waals surface area contributed by atoms with Gasteiger partial charge in [0.2, 0.25) is 0 Å². The maximum absolute atomic E-state index is 12.1. The van der Waals surface area contributed by atoms with Crippen molar-refractivity contribution in [2.45, 2.75) is 25.9 Å². The predicted molar refractivity (Wildman–Crippen MR) is 79.3 cm³/mol. The van der Waals surface area contributed by atoms with Gasteiger partial charge in [-0.1, -0.05) is 18.2 Å². The molecule has 0 bridgehead atoms. The van der Waals surface area contributed by atoms with Gasteiger partial charge in [0.05, 0.1) is 36.8 Å². The van der Waals surface area contributed by atoms with Crippen LogP contribution in [0.3, 0.4) is 0 Å². The number of fused-ring (bicyclic) bond motifs is 2. The lowest BCUT2D eigenvalue weighted by Gasteiger charge is -2.22. The van der Waals surface area contributed by atoms with Crippen molar-refractivity contribution in [1.29, 1.82) is 0 Å². The summed E-state index contributed by atoms with van der Waals surface area (Å²) in [4.78, 5) is 29.2. The standard InChI is InChI=1S/C16H16N2O4/c1-2-22-16(21)18-9-11-7-10-5-3-4-6-12(10)17-15(11)13(18)8-14(19)20/h3-7,13H,2,8-9H2,1H3,(H,19,20)/t13-/m0/s1. The summed E-state index contributed by atoms with van der Waals surface area (Å²) in [5.41, 5.74) is 2.31. The second-order valence-corrected chi connectivity index (χ2v) is 5.17. The van der Waals surface area contributed by atoms with E-state index in [4.69, 9.17) is 9.84 Å². The third-order valence-electron chi connectivity index (χ3n) is 3.74. The van der Waals surface area contributed by atoms with E-state index in [-0.39, 0.29) is 13.0 Å². The summed E-state index contributed by atoms with van der Waals surface area (Å²) in [6, 6.07) is 9.00. The van der Waals surface area contributed by atoms with E-state index in [1.807, 2.05) is 30.3 Å². The number of para-hydroxylation sites is 1. The summed E-state index contributed by atoms with van der Waals surface area (Å²) in [6.07, 6.45) is -0.687. The van der Waals surface area contributed by atoms with Crippen LogP contribution in [-0.2, 0) is 16.1 Å². The smallest absolute Gasteiger partial charge is 0.410 e. The molecule has 1 N–H and O–H groups in total. The van der Waals surface area contributed by atoms with Gasteiger partial charge in [0.1, 0.15) is 0 Å². The van der Waals surface area contributed by atoms with Crippen molar-refractivity contribution >= 4 is 23.0 Å². The van der Waals surface area contributed by atoms with Gasteiger partial charge in [-0.25, -0.2) is 4.79 Å². The first-order valence-corrected chi connectivity index (χ1v) is 7.14. The molecule has 0 fully saturated rings. The second kappa shape index (κ2) is 5.63. The van der Waals surface area contributed by atoms with E-state index in [0.29, 0.717) is 12.2 Å². The molecular formula is C16H16N2O4. The highest BCUT2D eigenvalue weighted by molar-refractivity contribution is 5.81. The van der Waals surface area contributed by atoms with Crippen LogP contribution in [0.15, 0.2) is 30.3 Å². The van der Waals surface area contributed by atoms with Crippen molar-refractivity contribution in [3.05, 3.63) is 41.6 Å². The minimum absolute atomic E-state index is 0.183. The Balaban J connectivity index is 2.04. The number of amides is 1. The molecule has 2 aromatic rings. The van der Waals surface area contributed by atoms with Gasteiger partial charge in [0, 0.05) is 5.39 Å². The molecule has 1 aromatic heterocycles. The first-order chi connectivity index (χ1) is 10.6. The number of carbonyl (C=O) groups excluding carboxylic acids is 1. The van der Waals surface area contributed by atoms with Crippen LogP contribution in [0.25, 0.3) is 10.9 Å². The second-order valence-electron chi connectivity index (χ2n) is 5.17. The Bertz CT molecular complexity index is 744. The zero-order chi connectivity index (χ0) is 15.7. The Morgan fingerprint density at radius 1 is 1.41 bits per heavy atom. The van der Waals surface area contributed by atoms with Gasteiger partial charge in [-0.05, 0) is 24.6 Å². The van der Waals surface area contributed by atoms with Crippen molar-refractivity contribution in [3.63, 3.8) is 0 Å². The molecule has 6 heteroatoms. The molecule has 3 rings (SSSR count). The Labute approximate surface area is 127 Å². The van der Waals surface area contributed by atoms with E-state index in [1.54, 1.807) is 6.92 Å². The van der Waals surface area contributed by atoms with Crippen LogP contribution in [0, 0.1) is 0 Å². The monoisotopic (exact) mass is 300 g/mol. The van der Waals surface area contributed by atoms with Gasteiger partial charge in [-0.3, -0.25) is 14.7 Å². The summed E-state index contributed by atoms with van der Waals surface area (Å²) in [6.45, 7) is 2.30. The number of nitrogens with zero attached hydrogens (tertiary/aromatic N) is 2. The number of aromatic nitrogens is 1. The fraction of sp³-hybridized carbons (Fsp3) is 0.312. The number of aliphatic carboxylic acids is 1. The highest BCUT2D eigenvalue weighted by Gasteiger charge is 2.37. The van der Waals surface area contributed by atoms with Crippen LogP contribution in [-0.4, -0.2) is 33.7 Å². The van der Waals surface area contributed by atoms with Crippen LogP contribution in [0.2, 0.25) is 0 Å². The minimum atomic E-state index is -0.970. The summed E-state index contributed by atoms with van der Waals surface area (Å²) in [7, 11) is 0. The maximum atomic E-state index is 12.1. The van der Waals surface area contributed by atoms with Crippen molar-refractivity contribution in [2.75, 3.05) is 6.61 Å². The quantitative estimate of drug-likeness (QED) is 0.942. The molecule has 1 aromatic carbocycles. The first kappa shape index (κ1) is 14.3. The Hall–Kier alpha value is -2.63. The van der Waals surface area contributed by atoms with Crippen LogP contribution >= 0.6 is 0 Å². The number of hydrogen-bond acceptors (Lipinski definition) is 4. The van der Waals surface area contributed by atoms with E-state index in [9.17, 15) is 9.59 Å². The first-order valence-electron chi connectivity index (χ1n) is 7.14. The predicted octanol–water partition coefficient (Wildman–Crippen LogP) is 2.72. The highest BCUT2D eigenvalue weighted by Crippen LogP contribution is 2.36. The molecule has 0 saturated carbocycles. The van der Waals surface area contributed by atoms with E-state index in [2.05, 4.69) is 4.98 Å². The summed E-state index contributed by atoms with van der Waals surface area (Å²) >= 11 is 0. The third kappa shape index (κ3) is 2.47. The molecule has 6 nitrogen and oxygen atoms in total. The normalized spacial score (nSPS) is 16.6. The lowest BCUT2D eigenvalue weighted by Crippen LogP contribution is -2.31. The van der Waals surface area contributed by atoms with E-state index < -0.39 is 18.1 Å². The van der Waals surface area contributed by atoms with Gasteiger partial charge in [-0.15, -0.1) is 0 Å². The summed E-state index contributed by atoms with van der Waals surface area (Å²) < 4.78 is 5.03. The Kier molecular flexibility index (Phi) is 3.66. The van der Waals surface area contributed by atoms with Crippen molar-refractivity contribution < 1.29 is 19.4 Å². The molecule has 1 atom stereocenters. The van der Waals surface area contributed by atoms with Crippen molar-refractivity contribution in [3.8, 4) is 0 Å². The molecule has 1 aliphatic heterocycles. The molecule has 0 aliphatic carbocycles. The van der Waals surface area contributed by atoms with Crippen LogP contribution in [0.1, 0.15) is 30.6 Å². The number of carboxylic acid groups (broad SMARTS) is 1. The van der Waals surface area contributed by atoms with Gasteiger partial charge < -0.3 is 9.84 Å². The molecule has 0 radical (unpaired) electrons. The molecular weight excluding hydrogens is 284 g/mol. The van der Waals surface area contributed by atoms with E-state index >= 15 is 0 Å². The van der Waals surface area contributed by atoms with Crippen molar-refractivity contribution in [1.82, 2.24) is 9.88 Å². The summed E-state index contributed by atoms with van der Waals surface area (Å²) in [5, 5.41) is 10.1. The van der Waals surface area contributed by atoms with Crippen LogP contribution in [0.4, 0.5) is 4.79 Å². The molecule has 2 heterocycles. The third-order valence-corrected chi connectivity index (χ3v) is 3.74. The molecule has 22 heavy (non-hydrogen) atoms. The number of hydrogen-bond donors (Lipinski definition) is 1. The van der Waals surface area contributed by atoms with Gasteiger partial charge in [0.25, 0.3) is 0 Å². The van der Waals surface area contributed by atoms with Crippen molar-refractivity contribution in [2.24, 2.45) is 0 Å². The van der Waals surface area contributed by atoms with Crippen LogP contribution < -0.4 is 0 Å². The minimum Gasteiger partial charge on any atom is -0.481 e. The molecule has 1 aliphatic rings. The number of benzene rings is 1. The Morgan fingerprint density at radius 2 is 2.18 bits per heavy atom. The van der Waals surface area contributed by atoms with Gasteiger partial charge in [0.15, 0.2) is 0 Å². The number of pyridine rings is 1. The molecule has 114 valence electrons. The Morgan fingerprint density at radius 3 is 2.91 bits per heavy atom. The topological polar surface area (TPSA) is 79.7 Å². The lowest BCUT2D eigenvalue weighted by atomic mass is 10.1. The highest BCUT2D eigenvalue weighted by atomic mass is 16.6. The summed E-state index contributed by atoms with van der Waals surface area (Å²) in [5.74, 6) is -0.970. The number of carbonyl (C=O) groups is 2. The molecule has 0 spiro atoms. The number of ether oxygens (including phenoxy) is 1. The van der Waals surface area contributed by atoms with Gasteiger partial charge in [-0.2, -0.15) is 0 Å². The lowest BCUT2D eigenvalue weighted by molar-refractivity contribution is -0.138. The van der Waals surface area contributed by atoms with E-state index in [1.165, 1.54) is 4.90 Å². The number of rotatable bonds is 3. The zero-order valence-electron chi connectivity index (χ0n) is 12.2. The fourth-order valence-electron chi connectivity index (χ4n) is 2.80. The molecule has 0 saturated heterocycles. The van der Waals surface area contributed by atoms with Gasteiger partial charge >= 0.3 is 12.1 Å². The molecule has 0 unspecified atom stereocenters. The fourth-order valence-corrected chi connectivity index (χ4v) is 2.80. The molecule has 1 amide bonds. The number of carboxylic acids is 1. The SMILES string of the molecule is CCOC(=O)N1Cc2cc3ccccc3nc2[C@@H]1CC(=O)O.